The van der Waals surface area contributed by atoms with Crippen molar-refractivity contribution in [2.45, 2.75) is 25.9 Å². The van der Waals surface area contributed by atoms with E-state index in [1.807, 2.05) is 31.2 Å². The summed E-state index contributed by atoms with van der Waals surface area (Å²) < 4.78 is 25.1. The number of rotatable bonds is 9. The summed E-state index contributed by atoms with van der Waals surface area (Å²) in [5.41, 5.74) is -0.715. The van der Waals surface area contributed by atoms with Crippen LogP contribution in [0.5, 0.6) is 5.75 Å². The summed E-state index contributed by atoms with van der Waals surface area (Å²) in [5, 5.41) is 12.1. The van der Waals surface area contributed by atoms with Gasteiger partial charge in [-0.05, 0) is 36.1 Å². The quantitative estimate of drug-likeness (QED) is 0.354. The van der Waals surface area contributed by atoms with E-state index < -0.39 is 24.5 Å². The maximum absolute atomic E-state index is 13.2. The lowest BCUT2D eigenvalue weighted by Crippen LogP contribution is -2.15. The first-order valence-electron chi connectivity index (χ1n) is 7.86. The molecule has 2 atom stereocenters. The summed E-state index contributed by atoms with van der Waals surface area (Å²) in [6.07, 6.45) is 1.00. The van der Waals surface area contributed by atoms with Crippen LogP contribution < -0.4 is 4.74 Å². The molecule has 1 heterocycles. The van der Waals surface area contributed by atoms with Crippen LogP contribution in [0.3, 0.4) is 0 Å². The van der Waals surface area contributed by atoms with Crippen molar-refractivity contribution in [3.8, 4) is 5.75 Å². The van der Waals surface area contributed by atoms with Crippen LogP contribution in [0, 0.1) is 10.1 Å². The second-order valence-electron chi connectivity index (χ2n) is 5.46. The van der Waals surface area contributed by atoms with Crippen molar-refractivity contribution in [1.82, 2.24) is 0 Å². The Hall–Kier alpha value is -1.43. The van der Waals surface area contributed by atoms with Crippen LogP contribution in [0.4, 0.5) is 0 Å². The number of hydrogen-bond donors (Lipinski definition) is 0. The minimum Gasteiger partial charge on any atom is -0.497 e. The Kier molecular flexibility index (Phi) is 6.38. The summed E-state index contributed by atoms with van der Waals surface area (Å²) in [6.45, 7) is 3.64. The van der Waals surface area contributed by atoms with Crippen LogP contribution in [-0.2, 0) is 9.09 Å². The molecule has 0 saturated carbocycles. The number of methoxy groups -OCH3 is 1. The van der Waals surface area contributed by atoms with E-state index >= 15 is 0 Å². The summed E-state index contributed by atoms with van der Waals surface area (Å²) in [5.74, 6) is 0.721. The Labute approximate surface area is 145 Å². The Morgan fingerprint density at radius 1 is 1.33 bits per heavy atom. The van der Waals surface area contributed by atoms with Gasteiger partial charge in [0, 0.05) is 20.7 Å². The molecule has 1 aromatic heterocycles. The first-order valence-corrected chi connectivity index (χ1v) is 10.6. The fourth-order valence-electron chi connectivity index (χ4n) is 2.53. The monoisotopic (exact) mass is 371 g/mol. The van der Waals surface area contributed by atoms with Gasteiger partial charge in [-0.2, -0.15) is 0 Å². The third kappa shape index (κ3) is 4.15. The molecule has 2 aromatic rings. The zero-order chi connectivity index (χ0) is 17.7. The molecule has 0 bridgehead atoms. The van der Waals surface area contributed by atoms with Crippen LogP contribution in [0.15, 0.2) is 24.3 Å². The fraction of sp³-hybridized carbons (Fsp3) is 0.500. The minimum absolute atomic E-state index is 0.281. The highest BCUT2D eigenvalue weighted by Gasteiger charge is 2.38. The van der Waals surface area contributed by atoms with Crippen LogP contribution in [0.1, 0.15) is 30.8 Å². The van der Waals surface area contributed by atoms with Gasteiger partial charge in [0.15, 0.2) is 0 Å². The molecule has 0 N–H and O–H groups in total. The van der Waals surface area contributed by atoms with Crippen molar-refractivity contribution >= 4 is 28.8 Å². The lowest BCUT2D eigenvalue weighted by atomic mass is 10.2. The van der Waals surface area contributed by atoms with Gasteiger partial charge >= 0.3 is 0 Å². The van der Waals surface area contributed by atoms with Gasteiger partial charge < -0.3 is 9.26 Å². The molecule has 8 heteroatoms. The Bertz CT molecular complexity index is 760. The normalized spacial score (nSPS) is 15.1. The van der Waals surface area contributed by atoms with Gasteiger partial charge in [-0.1, -0.05) is 13.8 Å². The predicted molar refractivity (Wildman–Crippen MR) is 97.4 cm³/mol. The molecule has 2 rings (SSSR count). The van der Waals surface area contributed by atoms with Crippen molar-refractivity contribution in [2.24, 2.45) is 0 Å². The number of nitrogens with zero attached hydrogens (tertiary/aromatic N) is 1. The lowest BCUT2D eigenvalue weighted by Gasteiger charge is -2.23. The maximum Gasteiger partial charge on any atom is 0.220 e. The van der Waals surface area contributed by atoms with Crippen LogP contribution in [0.25, 0.3) is 10.1 Å². The maximum atomic E-state index is 13.2. The van der Waals surface area contributed by atoms with Gasteiger partial charge in [-0.25, -0.2) is 0 Å². The molecule has 24 heavy (non-hydrogen) atoms. The molecule has 0 spiro atoms. The van der Waals surface area contributed by atoms with Crippen molar-refractivity contribution in [3.05, 3.63) is 39.3 Å². The van der Waals surface area contributed by atoms with Crippen molar-refractivity contribution < 1.29 is 18.7 Å². The second-order valence-corrected chi connectivity index (χ2v) is 9.54. The molecular weight excluding hydrogens is 349 g/mol. The van der Waals surface area contributed by atoms with Crippen molar-refractivity contribution in [2.75, 3.05) is 26.4 Å². The molecule has 2 unspecified atom stereocenters. The average Bonchev–Trinajstić information content (AvgIpc) is 2.99. The summed E-state index contributed by atoms with van der Waals surface area (Å²) >= 11 is 1.43. The van der Waals surface area contributed by atoms with Gasteiger partial charge in [0.05, 0.1) is 13.7 Å². The van der Waals surface area contributed by atoms with Crippen LogP contribution in [-0.4, -0.2) is 31.3 Å². The summed E-state index contributed by atoms with van der Waals surface area (Å²) in [7, 11) is -1.55. The Morgan fingerprint density at radius 3 is 2.67 bits per heavy atom. The van der Waals surface area contributed by atoms with Crippen molar-refractivity contribution in [3.63, 3.8) is 0 Å². The fourth-order valence-corrected chi connectivity index (χ4v) is 6.33. The Balaban J connectivity index is 2.46. The van der Waals surface area contributed by atoms with E-state index in [-0.39, 0.29) is 6.16 Å². The first-order chi connectivity index (χ1) is 11.4. The minimum atomic E-state index is -3.14. The molecular formula is C16H22NO5PS. The molecule has 132 valence electrons. The molecule has 0 aliphatic rings. The SMILES string of the molecule is CCCOP(=O)(CC)C(C[N+](=O)[O-])c1cc2cc(OC)ccc2s1. The largest absolute Gasteiger partial charge is 0.497 e. The molecule has 0 radical (unpaired) electrons. The lowest BCUT2D eigenvalue weighted by molar-refractivity contribution is -0.480. The zero-order valence-electron chi connectivity index (χ0n) is 14.1. The van der Waals surface area contributed by atoms with Crippen LogP contribution >= 0.6 is 18.7 Å². The molecule has 0 amide bonds. The Morgan fingerprint density at radius 2 is 2.08 bits per heavy atom. The van der Waals surface area contributed by atoms with E-state index in [0.717, 1.165) is 27.1 Å². The van der Waals surface area contributed by atoms with E-state index in [1.54, 1.807) is 14.0 Å². The zero-order valence-corrected chi connectivity index (χ0v) is 15.8. The highest BCUT2D eigenvalue weighted by molar-refractivity contribution is 7.59. The van der Waals surface area contributed by atoms with E-state index in [0.29, 0.717) is 6.61 Å². The number of ether oxygens (including phenoxy) is 1. The highest BCUT2D eigenvalue weighted by atomic mass is 32.1. The number of hydrogen-bond acceptors (Lipinski definition) is 6. The summed E-state index contributed by atoms with van der Waals surface area (Å²) in [4.78, 5) is 11.5. The molecule has 6 nitrogen and oxygen atoms in total. The molecule has 1 aromatic carbocycles. The van der Waals surface area contributed by atoms with Gasteiger partial charge in [-0.3, -0.25) is 14.7 Å². The van der Waals surface area contributed by atoms with Gasteiger partial charge in [0.2, 0.25) is 13.9 Å². The molecule has 0 fully saturated rings. The molecule has 0 saturated heterocycles. The smallest absolute Gasteiger partial charge is 0.220 e. The second kappa shape index (κ2) is 8.10. The van der Waals surface area contributed by atoms with Gasteiger partial charge in [-0.15, -0.1) is 11.3 Å². The first kappa shape index (κ1) is 18.9. The standard InChI is InChI=1S/C16H22NO5PS/c1-4-8-22-23(20,5-2)14(11-17(18)19)16-10-12-9-13(21-3)6-7-15(12)24-16/h6-7,9-10,14H,4-5,8,11H2,1-3H3. The predicted octanol–water partition coefficient (Wildman–Crippen LogP) is 4.95. The van der Waals surface area contributed by atoms with Crippen LogP contribution in [0.2, 0.25) is 0 Å². The third-order valence-corrected chi connectivity index (χ3v) is 8.12. The highest BCUT2D eigenvalue weighted by Crippen LogP contribution is 2.61. The van der Waals surface area contributed by atoms with Gasteiger partial charge in [0.1, 0.15) is 11.4 Å². The van der Waals surface area contributed by atoms with E-state index in [2.05, 4.69) is 0 Å². The average molecular weight is 371 g/mol. The van der Waals surface area contributed by atoms with Gasteiger partial charge in [0.25, 0.3) is 0 Å². The number of thiophene rings is 1. The summed E-state index contributed by atoms with van der Waals surface area (Å²) in [6, 6.07) is 7.50. The number of nitro groups is 1. The number of fused-ring (bicyclic) bond motifs is 1. The molecule has 0 aliphatic carbocycles. The topological polar surface area (TPSA) is 78.7 Å². The van der Waals surface area contributed by atoms with E-state index in [9.17, 15) is 14.7 Å². The van der Waals surface area contributed by atoms with Crippen molar-refractivity contribution in [1.29, 1.82) is 0 Å². The van der Waals surface area contributed by atoms with E-state index in [4.69, 9.17) is 9.26 Å². The number of benzene rings is 1. The molecule has 0 aliphatic heterocycles. The third-order valence-electron chi connectivity index (χ3n) is 3.82. The van der Waals surface area contributed by atoms with E-state index in [1.165, 1.54) is 11.3 Å².